The molecule has 0 amide bonds. The summed E-state index contributed by atoms with van der Waals surface area (Å²) in [6, 6.07) is 22.8. The SMILES string of the molecule is COc1ccc(-c2cc(C(=O)OCC(=O)c3ccccc3)c3cc(Cl)ccc3n2)cc1. The highest BCUT2D eigenvalue weighted by atomic mass is 35.5. The quantitative estimate of drug-likeness (QED) is 0.293. The molecular formula is C25H18ClNO4. The van der Waals surface area contributed by atoms with Gasteiger partial charge in [0.2, 0.25) is 0 Å². The van der Waals surface area contributed by atoms with Crippen molar-refractivity contribution in [1.29, 1.82) is 0 Å². The summed E-state index contributed by atoms with van der Waals surface area (Å²) in [5, 5.41) is 1.03. The smallest absolute Gasteiger partial charge is 0.339 e. The van der Waals surface area contributed by atoms with Gasteiger partial charge in [-0.2, -0.15) is 0 Å². The van der Waals surface area contributed by atoms with Gasteiger partial charge >= 0.3 is 5.97 Å². The standard InChI is InChI=1S/C25H18ClNO4/c1-30-19-10-7-16(8-11-19)23-14-21(20-13-18(26)9-12-22(20)27-23)25(29)31-15-24(28)17-5-3-2-4-6-17/h2-14H,15H2,1H3. The Kier molecular flexibility index (Phi) is 5.96. The molecule has 0 unspecified atom stereocenters. The summed E-state index contributed by atoms with van der Waals surface area (Å²) < 4.78 is 10.5. The number of halogens is 1. The fourth-order valence-electron chi connectivity index (χ4n) is 3.19. The van der Waals surface area contributed by atoms with Crippen LogP contribution >= 0.6 is 11.6 Å². The van der Waals surface area contributed by atoms with Crippen LogP contribution < -0.4 is 4.74 Å². The first-order valence-electron chi connectivity index (χ1n) is 9.55. The molecule has 1 heterocycles. The zero-order chi connectivity index (χ0) is 21.8. The fraction of sp³-hybridized carbons (Fsp3) is 0.0800. The first kappa shape index (κ1) is 20.6. The highest BCUT2D eigenvalue weighted by molar-refractivity contribution is 6.31. The van der Waals surface area contributed by atoms with Crippen molar-refractivity contribution < 1.29 is 19.1 Å². The Morgan fingerprint density at radius 3 is 2.39 bits per heavy atom. The molecule has 0 aliphatic heterocycles. The van der Waals surface area contributed by atoms with Crippen molar-refractivity contribution in [2.45, 2.75) is 0 Å². The van der Waals surface area contributed by atoms with Gasteiger partial charge in [-0.25, -0.2) is 9.78 Å². The molecule has 4 aromatic rings. The Labute approximate surface area is 184 Å². The van der Waals surface area contributed by atoms with Gasteiger partial charge in [0.05, 0.1) is 23.9 Å². The number of Topliss-reactive ketones (excluding diaryl/α,β-unsaturated/α-hetero) is 1. The molecule has 154 valence electrons. The molecule has 0 saturated heterocycles. The number of nitrogens with zero attached hydrogens (tertiary/aromatic N) is 1. The van der Waals surface area contributed by atoms with Gasteiger partial charge in [0.1, 0.15) is 5.75 Å². The minimum atomic E-state index is -0.617. The number of aromatic nitrogens is 1. The molecule has 31 heavy (non-hydrogen) atoms. The highest BCUT2D eigenvalue weighted by Gasteiger charge is 2.17. The van der Waals surface area contributed by atoms with Gasteiger partial charge in [-0.15, -0.1) is 0 Å². The van der Waals surface area contributed by atoms with E-state index in [1.807, 2.05) is 30.3 Å². The Morgan fingerprint density at radius 2 is 1.68 bits per heavy atom. The number of pyridine rings is 1. The third-order valence-corrected chi connectivity index (χ3v) is 5.04. The number of carbonyl (C=O) groups excluding carboxylic acids is 2. The van der Waals surface area contributed by atoms with Crippen LogP contribution in [0.4, 0.5) is 0 Å². The lowest BCUT2D eigenvalue weighted by atomic mass is 10.0. The van der Waals surface area contributed by atoms with Crippen LogP contribution in [0.2, 0.25) is 5.02 Å². The third-order valence-electron chi connectivity index (χ3n) is 4.81. The van der Waals surface area contributed by atoms with Crippen molar-refractivity contribution in [3.63, 3.8) is 0 Å². The maximum Gasteiger partial charge on any atom is 0.339 e. The highest BCUT2D eigenvalue weighted by Crippen LogP contribution is 2.28. The monoisotopic (exact) mass is 431 g/mol. The van der Waals surface area contributed by atoms with Gasteiger partial charge in [0.25, 0.3) is 0 Å². The minimum absolute atomic E-state index is 0.277. The Morgan fingerprint density at radius 1 is 0.935 bits per heavy atom. The zero-order valence-corrected chi connectivity index (χ0v) is 17.4. The Balaban J connectivity index is 1.68. The molecule has 6 heteroatoms. The molecule has 1 aromatic heterocycles. The second-order valence-electron chi connectivity index (χ2n) is 6.81. The van der Waals surface area contributed by atoms with E-state index >= 15 is 0 Å². The lowest BCUT2D eigenvalue weighted by Crippen LogP contribution is -2.15. The van der Waals surface area contributed by atoms with Crippen LogP contribution in [-0.2, 0) is 4.74 Å². The van der Waals surface area contributed by atoms with E-state index in [0.717, 1.165) is 11.3 Å². The second-order valence-corrected chi connectivity index (χ2v) is 7.25. The van der Waals surface area contributed by atoms with Crippen LogP contribution in [0.15, 0.2) is 78.9 Å². The van der Waals surface area contributed by atoms with Gasteiger partial charge in [-0.1, -0.05) is 41.9 Å². The minimum Gasteiger partial charge on any atom is -0.497 e. The van der Waals surface area contributed by atoms with E-state index in [4.69, 9.17) is 21.1 Å². The normalized spacial score (nSPS) is 10.6. The van der Waals surface area contributed by atoms with Gasteiger partial charge < -0.3 is 9.47 Å². The van der Waals surface area contributed by atoms with Gasteiger partial charge in [0, 0.05) is 21.5 Å². The van der Waals surface area contributed by atoms with Crippen LogP contribution in [0.5, 0.6) is 5.75 Å². The number of benzene rings is 3. The summed E-state index contributed by atoms with van der Waals surface area (Å²) in [6.07, 6.45) is 0. The van der Waals surface area contributed by atoms with Crippen molar-refractivity contribution in [2.24, 2.45) is 0 Å². The number of carbonyl (C=O) groups is 2. The molecule has 0 radical (unpaired) electrons. The third kappa shape index (κ3) is 4.57. The number of hydrogen-bond donors (Lipinski definition) is 0. The summed E-state index contributed by atoms with van der Waals surface area (Å²) in [5.74, 6) is -0.176. The molecule has 4 rings (SSSR count). The maximum absolute atomic E-state index is 12.9. The molecule has 0 spiro atoms. The number of esters is 1. The summed E-state index contributed by atoms with van der Waals surface area (Å²) in [6.45, 7) is -0.356. The van der Waals surface area contributed by atoms with Crippen LogP contribution in [0.25, 0.3) is 22.2 Å². The van der Waals surface area contributed by atoms with E-state index in [1.54, 1.807) is 55.6 Å². The van der Waals surface area contributed by atoms with E-state index in [-0.39, 0.29) is 12.4 Å². The predicted octanol–water partition coefficient (Wildman–Crippen LogP) is 5.60. The molecule has 5 nitrogen and oxygen atoms in total. The number of hydrogen-bond acceptors (Lipinski definition) is 5. The maximum atomic E-state index is 12.9. The first-order valence-corrected chi connectivity index (χ1v) is 9.93. The molecule has 0 aliphatic carbocycles. The van der Waals surface area contributed by atoms with Gasteiger partial charge in [-0.3, -0.25) is 4.79 Å². The molecule has 0 fully saturated rings. The lowest BCUT2D eigenvalue weighted by molar-refractivity contribution is 0.0476. The van der Waals surface area contributed by atoms with Crippen LogP contribution in [-0.4, -0.2) is 30.5 Å². The number of methoxy groups -OCH3 is 1. The molecule has 3 aromatic carbocycles. The van der Waals surface area contributed by atoms with Gasteiger partial charge in [-0.05, 0) is 48.5 Å². The van der Waals surface area contributed by atoms with Crippen molar-refractivity contribution in [1.82, 2.24) is 4.98 Å². The topological polar surface area (TPSA) is 65.5 Å². The summed E-state index contributed by atoms with van der Waals surface area (Å²) in [4.78, 5) is 29.9. The van der Waals surface area contributed by atoms with E-state index in [9.17, 15) is 9.59 Å². The molecule has 0 saturated carbocycles. The summed E-state index contributed by atoms with van der Waals surface area (Å²) >= 11 is 6.15. The van der Waals surface area contributed by atoms with Crippen LogP contribution in [0.3, 0.4) is 0 Å². The summed E-state index contributed by atoms with van der Waals surface area (Å²) in [7, 11) is 1.60. The average molecular weight is 432 g/mol. The number of ether oxygens (including phenoxy) is 2. The van der Waals surface area contributed by atoms with Crippen molar-refractivity contribution in [2.75, 3.05) is 13.7 Å². The average Bonchev–Trinajstić information content (AvgIpc) is 2.82. The molecule has 0 N–H and O–H groups in total. The van der Waals surface area contributed by atoms with Crippen LogP contribution in [0.1, 0.15) is 20.7 Å². The number of fused-ring (bicyclic) bond motifs is 1. The van der Waals surface area contributed by atoms with Crippen molar-refractivity contribution in [3.05, 3.63) is 95.0 Å². The number of rotatable bonds is 6. The largest absolute Gasteiger partial charge is 0.497 e. The van der Waals surface area contributed by atoms with Crippen molar-refractivity contribution in [3.8, 4) is 17.0 Å². The van der Waals surface area contributed by atoms with E-state index in [1.165, 1.54) is 0 Å². The van der Waals surface area contributed by atoms with E-state index in [0.29, 0.717) is 32.7 Å². The molecular weight excluding hydrogens is 414 g/mol. The Hall–Kier alpha value is -3.70. The van der Waals surface area contributed by atoms with Crippen LogP contribution in [0, 0.1) is 0 Å². The fourth-order valence-corrected chi connectivity index (χ4v) is 3.36. The van der Waals surface area contributed by atoms with E-state index < -0.39 is 5.97 Å². The van der Waals surface area contributed by atoms with Crippen molar-refractivity contribution >= 4 is 34.3 Å². The Bertz CT molecular complexity index is 1250. The predicted molar refractivity (Wildman–Crippen MR) is 120 cm³/mol. The van der Waals surface area contributed by atoms with Gasteiger partial charge in [0.15, 0.2) is 12.4 Å². The first-order chi connectivity index (χ1) is 15.0. The molecule has 0 bridgehead atoms. The lowest BCUT2D eigenvalue weighted by Gasteiger charge is -2.11. The zero-order valence-electron chi connectivity index (χ0n) is 16.7. The number of ketones is 1. The summed E-state index contributed by atoms with van der Waals surface area (Å²) in [5.41, 5.74) is 2.78. The molecule has 0 aliphatic rings. The van der Waals surface area contributed by atoms with E-state index in [2.05, 4.69) is 4.98 Å². The molecule has 0 atom stereocenters. The second kappa shape index (κ2) is 8.98.